The third-order valence-electron chi connectivity index (χ3n) is 4.17. The van der Waals surface area contributed by atoms with E-state index in [2.05, 4.69) is 9.97 Å². The number of carbonyl (C=O) groups is 2. The smallest absolute Gasteiger partial charge is 0.223 e. The fraction of sp³-hybridized carbons (Fsp3) is 0.182. The topological polar surface area (TPSA) is 63.2 Å². The Morgan fingerprint density at radius 3 is 1.78 bits per heavy atom. The molecule has 0 aliphatic carbocycles. The van der Waals surface area contributed by atoms with E-state index in [-0.39, 0.29) is 24.5 Å². The van der Waals surface area contributed by atoms with Gasteiger partial charge in [0, 0.05) is 30.8 Å². The number of hydrogen-bond acceptors (Lipinski definition) is 4. The molecule has 2 heterocycles. The first kappa shape index (κ1) is 18.5. The molecule has 0 radical (unpaired) electrons. The van der Waals surface area contributed by atoms with Crippen molar-refractivity contribution in [3.63, 3.8) is 0 Å². The zero-order chi connectivity index (χ0) is 18.9. The molecule has 0 aliphatic heterocycles. The molecule has 1 amide bonds. The number of nitrogens with zero attached hydrogens (tertiary/aromatic N) is 3. The monoisotopic (exact) mass is 359 g/mol. The van der Waals surface area contributed by atoms with Gasteiger partial charge in [0.1, 0.15) is 0 Å². The number of rotatable bonds is 8. The van der Waals surface area contributed by atoms with Crippen LogP contribution in [0.25, 0.3) is 0 Å². The Bertz CT molecular complexity index is 826. The van der Waals surface area contributed by atoms with Crippen molar-refractivity contribution >= 4 is 11.7 Å². The maximum absolute atomic E-state index is 12.8. The molecule has 3 aromatic rings. The molecule has 0 N–H and O–H groups in total. The lowest BCUT2D eigenvalue weighted by molar-refractivity contribution is -0.132. The van der Waals surface area contributed by atoms with Crippen LogP contribution in [0, 0.1) is 0 Å². The van der Waals surface area contributed by atoms with E-state index < -0.39 is 0 Å². The molecule has 0 atom stereocenters. The van der Waals surface area contributed by atoms with Gasteiger partial charge in [0.15, 0.2) is 5.78 Å². The third-order valence-corrected chi connectivity index (χ3v) is 4.17. The summed E-state index contributed by atoms with van der Waals surface area (Å²) in [6, 6.07) is 20.3. The van der Waals surface area contributed by atoms with Crippen LogP contribution in [-0.2, 0) is 17.9 Å². The van der Waals surface area contributed by atoms with E-state index in [1.807, 2.05) is 54.6 Å². The van der Waals surface area contributed by atoms with Crippen LogP contribution in [0.5, 0.6) is 0 Å². The molecule has 0 unspecified atom stereocenters. The number of benzene rings is 1. The molecule has 5 nitrogen and oxygen atoms in total. The van der Waals surface area contributed by atoms with Crippen LogP contribution in [0.2, 0.25) is 0 Å². The molecule has 136 valence electrons. The first-order valence-electron chi connectivity index (χ1n) is 8.88. The van der Waals surface area contributed by atoms with Crippen LogP contribution in [0.15, 0.2) is 79.1 Å². The first-order chi connectivity index (χ1) is 13.2. The van der Waals surface area contributed by atoms with Crippen LogP contribution >= 0.6 is 0 Å². The van der Waals surface area contributed by atoms with Crippen LogP contribution in [0.3, 0.4) is 0 Å². The zero-order valence-electron chi connectivity index (χ0n) is 15.0. The summed E-state index contributed by atoms with van der Waals surface area (Å²) in [5, 5.41) is 0. The molecule has 0 spiro atoms. The fourth-order valence-corrected chi connectivity index (χ4v) is 2.75. The zero-order valence-corrected chi connectivity index (χ0v) is 15.0. The summed E-state index contributed by atoms with van der Waals surface area (Å²) in [7, 11) is 0. The van der Waals surface area contributed by atoms with Gasteiger partial charge in [0.2, 0.25) is 5.91 Å². The second-order valence-corrected chi connectivity index (χ2v) is 6.18. The van der Waals surface area contributed by atoms with Gasteiger partial charge in [-0.3, -0.25) is 19.6 Å². The maximum atomic E-state index is 12.8. The number of aromatic nitrogens is 2. The van der Waals surface area contributed by atoms with Crippen LogP contribution in [0.1, 0.15) is 34.6 Å². The second-order valence-electron chi connectivity index (χ2n) is 6.18. The molecule has 27 heavy (non-hydrogen) atoms. The van der Waals surface area contributed by atoms with Crippen molar-refractivity contribution in [2.75, 3.05) is 0 Å². The van der Waals surface area contributed by atoms with Gasteiger partial charge in [-0.05, 0) is 24.3 Å². The molecule has 3 rings (SSSR count). The van der Waals surface area contributed by atoms with Gasteiger partial charge in [-0.1, -0.05) is 42.5 Å². The normalized spacial score (nSPS) is 10.4. The largest absolute Gasteiger partial charge is 0.331 e. The summed E-state index contributed by atoms with van der Waals surface area (Å²) in [5.41, 5.74) is 2.23. The first-order valence-corrected chi connectivity index (χ1v) is 8.88. The molecular formula is C22H21N3O2. The minimum Gasteiger partial charge on any atom is -0.331 e. The number of pyridine rings is 2. The van der Waals surface area contributed by atoms with Crippen molar-refractivity contribution in [1.29, 1.82) is 0 Å². The van der Waals surface area contributed by atoms with Crippen molar-refractivity contribution in [3.8, 4) is 0 Å². The highest BCUT2D eigenvalue weighted by atomic mass is 16.2. The minimum atomic E-state index is -0.0874. The van der Waals surface area contributed by atoms with E-state index in [4.69, 9.17) is 0 Å². The molecule has 2 aromatic heterocycles. The van der Waals surface area contributed by atoms with Gasteiger partial charge in [0.05, 0.1) is 24.5 Å². The van der Waals surface area contributed by atoms with Crippen LogP contribution in [0.4, 0.5) is 0 Å². The summed E-state index contributed by atoms with van der Waals surface area (Å²) in [4.78, 5) is 35.4. The lowest BCUT2D eigenvalue weighted by Gasteiger charge is -2.22. The van der Waals surface area contributed by atoms with Crippen molar-refractivity contribution in [2.45, 2.75) is 25.9 Å². The molecule has 0 saturated carbocycles. The molecular weight excluding hydrogens is 338 g/mol. The predicted octanol–water partition coefficient (Wildman–Crippen LogP) is 3.67. The molecule has 0 aliphatic rings. The highest BCUT2D eigenvalue weighted by Gasteiger charge is 2.17. The summed E-state index contributed by atoms with van der Waals surface area (Å²) < 4.78 is 0. The van der Waals surface area contributed by atoms with Gasteiger partial charge in [-0.15, -0.1) is 0 Å². The Balaban J connectivity index is 1.67. The number of ketones is 1. The average molecular weight is 359 g/mol. The quantitative estimate of drug-likeness (QED) is 0.576. The Morgan fingerprint density at radius 2 is 1.26 bits per heavy atom. The molecule has 1 aromatic carbocycles. The Morgan fingerprint density at radius 1 is 0.704 bits per heavy atom. The van der Waals surface area contributed by atoms with E-state index in [0.717, 1.165) is 11.4 Å². The van der Waals surface area contributed by atoms with Crippen LogP contribution in [-0.4, -0.2) is 26.6 Å². The molecule has 0 bridgehead atoms. The number of carbonyl (C=O) groups excluding carboxylic acids is 2. The number of amides is 1. The van der Waals surface area contributed by atoms with E-state index in [1.54, 1.807) is 29.4 Å². The summed E-state index contributed by atoms with van der Waals surface area (Å²) in [5.74, 6) is -0.116. The Hall–Kier alpha value is -3.34. The Labute approximate surface area is 158 Å². The summed E-state index contributed by atoms with van der Waals surface area (Å²) in [6.07, 6.45) is 3.76. The highest BCUT2D eigenvalue weighted by molar-refractivity contribution is 5.97. The van der Waals surface area contributed by atoms with Crippen LogP contribution < -0.4 is 0 Å². The van der Waals surface area contributed by atoms with Gasteiger partial charge in [-0.2, -0.15) is 0 Å². The number of Topliss-reactive ketones (excluding diaryl/α,β-unsaturated/α-hetero) is 1. The van der Waals surface area contributed by atoms with E-state index in [9.17, 15) is 9.59 Å². The third kappa shape index (κ3) is 5.57. The van der Waals surface area contributed by atoms with Crippen molar-refractivity contribution in [3.05, 3.63) is 96.1 Å². The minimum absolute atomic E-state index is 0.0282. The van der Waals surface area contributed by atoms with E-state index in [1.165, 1.54) is 0 Å². The lowest BCUT2D eigenvalue weighted by Crippen LogP contribution is -2.31. The van der Waals surface area contributed by atoms with E-state index in [0.29, 0.717) is 18.7 Å². The summed E-state index contributed by atoms with van der Waals surface area (Å²) >= 11 is 0. The van der Waals surface area contributed by atoms with Gasteiger partial charge in [-0.25, -0.2) is 0 Å². The van der Waals surface area contributed by atoms with Crippen molar-refractivity contribution in [1.82, 2.24) is 14.9 Å². The molecule has 0 saturated heterocycles. The van der Waals surface area contributed by atoms with E-state index >= 15 is 0 Å². The Kier molecular flexibility index (Phi) is 6.41. The molecule has 5 heteroatoms. The summed E-state index contributed by atoms with van der Waals surface area (Å²) in [6.45, 7) is 0.769. The number of hydrogen-bond donors (Lipinski definition) is 0. The lowest BCUT2D eigenvalue weighted by atomic mass is 10.1. The molecule has 0 fully saturated rings. The van der Waals surface area contributed by atoms with Gasteiger partial charge >= 0.3 is 0 Å². The van der Waals surface area contributed by atoms with Crippen molar-refractivity contribution in [2.24, 2.45) is 0 Å². The standard InChI is InChI=1S/C22H21N3O2/c26-21(18-8-2-1-3-9-18)12-13-22(27)25(16-19-10-4-6-14-23-19)17-20-11-5-7-15-24-20/h1-11,14-15H,12-13,16-17H2. The SMILES string of the molecule is O=C(CCC(=O)N(Cc1ccccn1)Cc1ccccn1)c1ccccc1. The maximum Gasteiger partial charge on any atom is 0.223 e. The average Bonchev–Trinajstić information content (AvgIpc) is 2.73. The highest BCUT2D eigenvalue weighted by Crippen LogP contribution is 2.12. The predicted molar refractivity (Wildman–Crippen MR) is 103 cm³/mol. The second kappa shape index (κ2) is 9.38. The fourth-order valence-electron chi connectivity index (χ4n) is 2.75. The van der Waals surface area contributed by atoms with Gasteiger partial charge < -0.3 is 4.90 Å². The van der Waals surface area contributed by atoms with Crippen molar-refractivity contribution < 1.29 is 9.59 Å². The van der Waals surface area contributed by atoms with Gasteiger partial charge in [0.25, 0.3) is 0 Å².